The van der Waals surface area contributed by atoms with Gasteiger partial charge < -0.3 is 14.8 Å². The van der Waals surface area contributed by atoms with Crippen molar-refractivity contribution in [1.82, 2.24) is 19.8 Å². The normalized spacial score (nSPS) is 20.8. The van der Waals surface area contributed by atoms with Gasteiger partial charge >= 0.3 is 0 Å². The van der Waals surface area contributed by atoms with Crippen LogP contribution in [0.25, 0.3) is 0 Å². The molecule has 0 aromatic carbocycles. The van der Waals surface area contributed by atoms with Crippen molar-refractivity contribution in [2.75, 3.05) is 20.1 Å². The van der Waals surface area contributed by atoms with E-state index in [9.17, 15) is 0 Å². The molecule has 0 spiro atoms. The molecule has 1 atom stereocenters. The van der Waals surface area contributed by atoms with Crippen molar-refractivity contribution in [2.45, 2.75) is 51.7 Å². The molecule has 0 aliphatic carbocycles. The van der Waals surface area contributed by atoms with E-state index in [1.807, 2.05) is 12.5 Å². The maximum absolute atomic E-state index is 4.32. The van der Waals surface area contributed by atoms with E-state index in [0.29, 0.717) is 12.1 Å². The summed E-state index contributed by atoms with van der Waals surface area (Å²) in [4.78, 5) is 6.70. The van der Waals surface area contributed by atoms with E-state index in [1.165, 1.54) is 25.0 Å². The molecular formula is C14H26N4. The van der Waals surface area contributed by atoms with Crippen LogP contribution in [-0.2, 0) is 6.54 Å². The van der Waals surface area contributed by atoms with Crippen LogP contribution in [-0.4, -0.2) is 40.6 Å². The summed E-state index contributed by atoms with van der Waals surface area (Å²) in [5.74, 6) is 0. The highest BCUT2D eigenvalue weighted by Gasteiger charge is 2.18. The van der Waals surface area contributed by atoms with Crippen molar-refractivity contribution < 1.29 is 0 Å². The van der Waals surface area contributed by atoms with Gasteiger partial charge in [0.05, 0.1) is 12.0 Å². The molecule has 1 fully saturated rings. The first-order valence-electron chi connectivity index (χ1n) is 7.12. The van der Waals surface area contributed by atoms with Crippen molar-refractivity contribution in [2.24, 2.45) is 0 Å². The van der Waals surface area contributed by atoms with E-state index >= 15 is 0 Å². The highest BCUT2D eigenvalue weighted by molar-refractivity contribution is 5.06. The average Bonchev–Trinajstić information content (AvgIpc) is 2.85. The third kappa shape index (κ3) is 3.33. The lowest BCUT2D eigenvalue weighted by Gasteiger charge is -2.26. The Hall–Kier alpha value is -0.870. The number of nitrogens with zero attached hydrogens (tertiary/aromatic N) is 3. The summed E-state index contributed by atoms with van der Waals surface area (Å²) < 4.78 is 2.31. The third-order valence-electron chi connectivity index (χ3n) is 3.99. The molecular weight excluding hydrogens is 224 g/mol. The topological polar surface area (TPSA) is 33.1 Å². The Morgan fingerprint density at radius 3 is 3.00 bits per heavy atom. The van der Waals surface area contributed by atoms with E-state index in [4.69, 9.17) is 0 Å². The molecule has 4 nitrogen and oxygen atoms in total. The molecule has 102 valence electrons. The van der Waals surface area contributed by atoms with Crippen LogP contribution in [0.4, 0.5) is 0 Å². The minimum absolute atomic E-state index is 0.505. The van der Waals surface area contributed by atoms with Gasteiger partial charge in [0.25, 0.3) is 0 Å². The van der Waals surface area contributed by atoms with E-state index in [1.54, 1.807) is 0 Å². The number of hydrogen-bond acceptors (Lipinski definition) is 3. The lowest BCUT2D eigenvalue weighted by atomic mass is 10.0. The first-order chi connectivity index (χ1) is 8.68. The Kier molecular flexibility index (Phi) is 4.78. The molecule has 0 bridgehead atoms. The van der Waals surface area contributed by atoms with Crippen molar-refractivity contribution >= 4 is 0 Å². The molecule has 2 heterocycles. The molecule has 1 aromatic heterocycles. The van der Waals surface area contributed by atoms with E-state index in [2.05, 4.69) is 40.7 Å². The Bertz CT molecular complexity index is 352. The standard InChI is InChI=1S/C14H26N4/c1-12(2)17(3)8-9-18-11-15-10-14(18)13-6-4-5-7-16-13/h10-13,16H,4-9H2,1-3H3. The van der Waals surface area contributed by atoms with Crippen LogP contribution in [0.2, 0.25) is 0 Å². The van der Waals surface area contributed by atoms with E-state index in [-0.39, 0.29) is 0 Å². The van der Waals surface area contributed by atoms with Gasteiger partial charge in [-0.3, -0.25) is 0 Å². The number of aromatic nitrogens is 2. The van der Waals surface area contributed by atoms with Gasteiger partial charge in [-0.1, -0.05) is 6.42 Å². The summed E-state index contributed by atoms with van der Waals surface area (Å²) in [6.45, 7) is 7.71. The summed E-state index contributed by atoms with van der Waals surface area (Å²) in [5.41, 5.74) is 1.35. The Morgan fingerprint density at radius 1 is 1.50 bits per heavy atom. The highest BCUT2D eigenvalue weighted by Crippen LogP contribution is 2.22. The average molecular weight is 250 g/mol. The van der Waals surface area contributed by atoms with Crippen molar-refractivity contribution in [3.63, 3.8) is 0 Å². The fraction of sp³-hybridized carbons (Fsp3) is 0.786. The molecule has 2 rings (SSSR count). The second kappa shape index (κ2) is 6.34. The largest absolute Gasteiger partial charge is 0.332 e. The van der Waals surface area contributed by atoms with E-state index in [0.717, 1.165) is 19.6 Å². The van der Waals surface area contributed by atoms with Crippen LogP contribution in [0.15, 0.2) is 12.5 Å². The molecule has 0 radical (unpaired) electrons. The summed E-state index contributed by atoms with van der Waals surface area (Å²) in [6, 6.07) is 1.11. The Balaban J connectivity index is 1.94. The maximum Gasteiger partial charge on any atom is 0.0949 e. The summed E-state index contributed by atoms with van der Waals surface area (Å²) >= 11 is 0. The van der Waals surface area contributed by atoms with Gasteiger partial charge in [-0.25, -0.2) is 4.98 Å². The molecule has 4 heteroatoms. The van der Waals surface area contributed by atoms with Crippen molar-refractivity contribution in [1.29, 1.82) is 0 Å². The molecule has 1 N–H and O–H groups in total. The number of imidazole rings is 1. The predicted molar refractivity (Wildman–Crippen MR) is 74.6 cm³/mol. The highest BCUT2D eigenvalue weighted by atomic mass is 15.2. The quantitative estimate of drug-likeness (QED) is 0.868. The number of rotatable bonds is 5. The predicted octanol–water partition coefficient (Wildman–Crippen LogP) is 2.04. The monoisotopic (exact) mass is 250 g/mol. The third-order valence-corrected chi connectivity index (χ3v) is 3.99. The van der Waals surface area contributed by atoms with E-state index < -0.39 is 0 Å². The van der Waals surface area contributed by atoms with Gasteiger partial charge in [0.2, 0.25) is 0 Å². The fourth-order valence-corrected chi connectivity index (χ4v) is 2.44. The van der Waals surface area contributed by atoms with Gasteiger partial charge in [0.1, 0.15) is 0 Å². The number of piperidine rings is 1. The molecule has 1 aromatic rings. The zero-order chi connectivity index (χ0) is 13.0. The van der Waals surface area contributed by atoms with Gasteiger partial charge in [-0.05, 0) is 40.3 Å². The van der Waals surface area contributed by atoms with Crippen molar-refractivity contribution in [3.05, 3.63) is 18.2 Å². The summed E-state index contributed by atoms with van der Waals surface area (Å²) in [5, 5.41) is 3.60. The summed E-state index contributed by atoms with van der Waals surface area (Å²) in [7, 11) is 2.18. The van der Waals surface area contributed by atoms with Crippen LogP contribution in [0.5, 0.6) is 0 Å². The van der Waals surface area contributed by atoms with Crippen LogP contribution < -0.4 is 5.32 Å². The zero-order valence-electron chi connectivity index (χ0n) is 11.9. The molecule has 18 heavy (non-hydrogen) atoms. The molecule has 0 saturated carbocycles. The lowest BCUT2D eigenvalue weighted by molar-refractivity contribution is 0.260. The minimum atomic E-state index is 0.505. The fourth-order valence-electron chi connectivity index (χ4n) is 2.44. The Labute approximate surface area is 110 Å². The second-order valence-corrected chi connectivity index (χ2v) is 5.59. The first kappa shape index (κ1) is 13.6. The van der Waals surface area contributed by atoms with Gasteiger partial charge in [0, 0.05) is 31.4 Å². The molecule has 1 unspecified atom stereocenters. The SMILES string of the molecule is CC(C)N(C)CCn1cncc1C1CCCCN1. The molecule has 0 amide bonds. The van der Waals surface area contributed by atoms with Gasteiger partial charge in [-0.15, -0.1) is 0 Å². The smallest absolute Gasteiger partial charge is 0.0949 e. The molecule has 1 aliphatic heterocycles. The number of hydrogen-bond donors (Lipinski definition) is 1. The number of nitrogens with one attached hydrogen (secondary N) is 1. The number of likely N-dealkylation sites (N-methyl/N-ethyl adjacent to an activating group) is 1. The lowest BCUT2D eigenvalue weighted by Crippen LogP contribution is -2.32. The van der Waals surface area contributed by atoms with Crippen molar-refractivity contribution in [3.8, 4) is 0 Å². The maximum atomic E-state index is 4.32. The summed E-state index contributed by atoms with van der Waals surface area (Å²) in [6.07, 6.45) is 7.87. The second-order valence-electron chi connectivity index (χ2n) is 5.59. The zero-order valence-corrected chi connectivity index (χ0v) is 11.9. The Morgan fingerprint density at radius 2 is 2.33 bits per heavy atom. The minimum Gasteiger partial charge on any atom is -0.332 e. The van der Waals surface area contributed by atoms with Gasteiger partial charge in [-0.2, -0.15) is 0 Å². The van der Waals surface area contributed by atoms with Gasteiger partial charge in [0.15, 0.2) is 0 Å². The van der Waals surface area contributed by atoms with Crippen LogP contribution >= 0.6 is 0 Å². The molecule has 1 saturated heterocycles. The van der Waals surface area contributed by atoms with Crippen LogP contribution in [0.1, 0.15) is 44.8 Å². The first-order valence-corrected chi connectivity index (χ1v) is 7.12. The van der Waals surface area contributed by atoms with Crippen LogP contribution in [0.3, 0.4) is 0 Å². The van der Waals surface area contributed by atoms with Crippen LogP contribution in [0, 0.1) is 0 Å². The molecule has 1 aliphatic rings.